The van der Waals surface area contributed by atoms with Crippen LogP contribution in [0.25, 0.3) is 0 Å². The lowest BCUT2D eigenvalue weighted by Crippen LogP contribution is -1.91. The van der Waals surface area contributed by atoms with Gasteiger partial charge in [-0.25, -0.2) is 4.79 Å². The molecule has 0 heterocycles. The van der Waals surface area contributed by atoms with Gasteiger partial charge in [-0.05, 0) is 0 Å². The molecule has 0 saturated carbocycles. The van der Waals surface area contributed by atoms with E-state index in [-0.39, 0.29) is 7.43 Å². The van der Waals surface area contributed by atoms with E-state index in [0.29, 0.717) is 0 Å². The summed E-state index contributed by atoms with van der Waals surface area (Å²) in [5.74, 6) is -0.394. The molecular weight excluding hydrogens is 92.1 g/mol. The number of carbonyl (C=O) groups excluding carboxylic acids is 1. The zero-order valence-corrected chi connectivity index (χ0v) is 4.60. The fourth-order valence-corrected chi connectivity index (χ4v) is 0.0833. The van der Waals surface area contributed by atoms with Crippen molar-refractivity contribution in [2.75, 3.05) is 7.11 Å². The molecule has 0 aromatic heterocycles. The highest BCUT2D eigenvalue weighted by atomic mass is 16.5. The molecule has 0 amide bonds. The molecule has 0 atom stereocenters. The van der Waals surface area contributed by atoms with Gasteiger partial charge in [0.25, 0.3) is 0 Å². The van der Waals surface area contributed by atoms with Gasteiger partial charge in [0.15, 0.2) is 0 Å². The molecule has 0 N–H and O–H groups in total. The molecule has 7 heavy (non-hydrogen) atoms. The summed E-state index contributed by atoms with van der Waals surface area (Å²) in [6, 6.07) is 0. The smallest absolute Gasteiger partial charge is 0.329 e. The number of carbonyl (C=O) groups is 1. The van der Waals surface area contributed by atoms with Crippen LogP contribution in [-0.2, 0) is 9.53 Å². The maximum atomic E-state index is 9.84. The Bertz CT molecular complexity index is 66.5. The van der Waals surface area contributed by atoms with Gasteiger partial charge < -0.3 is 4.74 Å². The van der Waals surface area contributed by atoms with Gasteiger partial charge in [-0.1, -0.05) is 14.0 Å². The second-order valence-corrected chi connectivity index (χ2v) is 0.727. The quantitative estimate of drug-likeness (QED) is 0.360. The zero-order valence-electron chi connectivity index (χ0n) is 4.60. The van der Waals surface area contributed by atoms with Crippen LogP contribution in [0.1, 0.15) is 0 Å². The third kappa shape index (κ3) is 5.21. The maximum Gasteiger partial charge on any atom is 0.329 e. The summed E-state index contributed by atoms with van der Waals surface area (Å²) in [4.78, 5) is 9.84. The Morgan fingerprint density at radius 1 is 1.86 bits per heavy atom. The van der Waals surface area contributed by atoms with Crippen LogP contribution in [0.2, 0.25) is 0 Å². The second-order valence-electron chi connectivity index (χ2n) is 0.727. The van der Waals surface area contributed by atoms with Gasteiger partial charge in [-0.3, -0.25) is 0 Å². The third-order valence-corrected chi connectivity index (χ3v) is 0.368. The van der Waals surface area contributed by atoms with Crippen molar-refractivity contribution in [3.8, 4) is 0 Å². The van der Waals surface area contributed by atoms with Crippen LogP contribution in [-0.4, -0.2) is 13.1 Å². The third-order valence-electron chi connectivity index (χ3n) is 0.368. The van der Waals surface area contributed by atoms with Gasteiger partial charge >= 0.3 is 5.97 Å². The first kappa shape index (κ1) is 9.51. The number of hydrogen-bond donors (Lipinski definition) is 0. The van der Waals surface area contributed by atoms with E-state index < -0.39 is 5.97 Å². The van der Waals surface area contributed by atoms with E-state index in [1.807, 2.05) is 0 Å². The highest BCUT2D eigenvalue weighted by Gasteiger charge is 1.81. The Balaban J connectivity index is 0. The van der Waals surface area contributed by atoms with E-state index in [1.165, 1.54) is 7.11 Å². The van der Waals surface area contributed by atoms with E-state index in [1.54, 1.807) is 0 Å². The lowest BCUT2D eigenvalue weighted by atomic mass is 10.7. The van der Waals surface area contributed by atoms with Crippen molar-refractivity contribution < 1.29 is 9.53 Å². The fraction of sp³-hybridized carbons (Fsp3) is 0.200. The Hall–Kier alpha value is -0.790. The normalized spacial score (nSPS) is 5.86. The van der Waals surface area contributed by atoms with Gasteiger partial charge in [0.2, 0.25) is 0 Å². The molecule has 41 valence electrons. The van der Waals surface area contributed by atoms with Crippen molar-refractivity contribution in [3.05, 3.63) is 20.1 Å². The summed E-state index contributed by atoms with van der Waals surface area (Å²) in [7, 11) is 1.31. The Morgan fingerprint density at radius 3 is 2.29 bits per heavy atom. The highest BCUT2D eigenvalue weighted by molar-refractivity contribution is 5.80. The minimum Gasteiger partial charge on any atom is -0.466 e. The van der Waals surface area contributed by atoms with Crippen molar-refractivity contribution in [2.24, 2.45) is 0 Å². The van der Waals surface area contributed by atoms with Crippen molar-refractivity contribution >= 4 is 5.97 Å². The van der Waals surface area contributed by atoms with Crippen molar-refractivity contribution in [1.82, 2.24) is 0 Å². The molecule has 0 aliphatic rings. The molecule has 0 bridgehead atoms. The first-order valence-electron chi connectivity index (χ1n) is 1.51. The summed E-state index contributed by atoms with van der Waals surface area (Å²) in [6.07, 6.45) is 1.11. The van der Waals surface area contributed by atoms with Gasteiger partial charge in [0.05, 0.1) is 7.11 Å². The van der Waals surface area contributed by atoms with Crippen molar-refractivity contribution in [3.63, 3.8) is 0 Å². The number of esters is 1. The predicted octanol–water partition coefficient (Wildman–Crippen LogP) is 0.796. The number of rotatable bonds is 1. The molecular formula is C5H9O2. The predicted molar refractivity (Wildman–Crippen MR) is 28.6 cm³/mol. The van der Waals surface area contributed by atoms with Crippen LogP contribution in [0.5, 0.6) is 0 Å². The molecule has 0 saturated heterocycles. The van der Waals surface area contributed by atoms with Crippen LogP contribution in [0.4, 0.5) is 0 Å². The maximum absolute atomic E-state index is 9.84. The minimum absolute atomic E-state index is 0. The Morgan fingerprint density at radius 2 is 2.29 bits per heavy atom. The molecule has 0 aliphatic heterocycles. The molecule has 0 rings (SSSR count). The highest BCUT2D eigenvalue weighted by Crippen LogP contribution is 1.67. The Labute approximate surface area is 43.8 Å². The van der Waals surface area contributed by atoms with Gasteiger partial charge in [0, 0.05) is 6.08 Å². The molecule has 2 nitrogen and oxygen atoms in total. The fourth-order valence-electron chi connectivity index (χ4n) is 0.0833. The molecule has 0 aromatic carbocycles. The lowest BCUT2D eigenvalue weighted by Gasteiger charge is -1.83. The van der Waals surface area contributed by atoms with Crippen molar-refractivity contribution in [1.29, 1.82) is 0 Å². The van der Waals surface area contributed by atoms with Gasteiger partial charge in [-0.15, -0.1) is 0 Å². The molecule has 0 aromatic rings. The van der Waals surface area contributed by atoms with Crippen molar-refractivity contribution in [2.45, 2.75) is 0 Å². The van der Waals surface area contributed by atoms with Crippen LogP contribution < -0.4 is 0 Å². The van der Waals surface area contributed by atoms with Crippen LogP contribution in [0, 0.1) is 7.43 Å². The number of ether oxygens (including phenoxy) is 1. The summed E-state index contributed by atoms with van der Waals surface area (Å²) in [5, 5.41) is 0. The van der Waals surface area contributed by atoms with Crippen LogP contribution in [0.3, 0.4) is 0 Å². The van der Waals surface area contributed by atoms with E-state index in [2.05, 4.69) is 11.3 Å². The lowest BCUT2D eigenvalue weighted by molar-refractivity contribution is -0.134. The summed E-state index contributed by atoms with van der Waals surface area (Å²) in [6.45, 7) is 3.16. The molecule has 1 radical (unpaired) electrons. The topological polar surface area (TPSA) is 26.3 Å². The molecule has 0 spiro atoms. The summed E-state index contributed by atoms with van der Waals surface area (Å²) in [5.41, 5.74) is 0. The standard InChI is InChI=1S/C4H6O2.CH3/c1-3-4(5)6-2;/h3H,1H2,2H3;1H3. The molecule has 0 aliphatic carbocycles. The van der Waals surface area contributed by atoms with Gasteiger partial charge in [0.1, 0.15) is 0 Å². The first-order chi connectivity index (χ1) is 2.81. The monoisotopic (exact) mass is 101 g/mol. The zero-order chi connectivity index (χ0) is 4.99. The molecule has 0 fully saturated rings. The minimum atomic E-state index is -0.394. The molecule has 2 heteroatoms. The largest absolute Gasteiger partial charge is 0.466 e. The van der Waals surface area contributed by atoms with E-state index in [0.717, 1.165) is 6.08 Å². The number of hydrogen-bond acceptors (Lipinski definition) is 2. The second kappa shape index (κ2) is 5.21. The average molecular weight is 101 g/mol. The van der Waals surface area contributed by atoms with Gasteiger partial charge in [-0.2, -0.15) is 0 Å². The van der Waals surface area contributed by atoms with Crippen LogP contribution >= 0.6 is 0 Å². The molecule has 0 unspecified atom stereocenters. The summed E-state index contributed by atoms with van der Waals surface area (Å²) < 4.78 is 4.14. The SMILES string of the molecule is C=CC(=O)OC.[CH3]. The Kier molecular flexibility index (Phi) is 7.08. The number of methoxy groups -OCH3 is 1. The van der Waals surface area contributed by atoms with E-state index in [9.17, 15) is 4.79 Å². The first-order valence-corrected chi connectivity index (χ1v) is 1.51. The summed E-state index contributed by atoms with van der Waals surface area (Å²) >= 11 is 0. The van der Waals surface area contributed by atoms with E-state index in [4.69, 9.17) is 0 Å². The average Bonchev–Trinajstić information content (AvgIpc) is 1.65. The van der Waals surface area contributed by atoms with E-state index >= 15 is 0 Å². The van der Waals surface area contributed by atoms with Crippen LogP contribution in [0.15, 0.2) is 12.7 Å².